The average Bonchev–Trinajstić information content (AvgIpc) is 3.27. The van der Waals surface area contributed by atoms with E-state index in [-0.39, 0.29) is 34.4 Å². The van der Waals surface area contributed by atoms with E-state index in [1.54, 1.807) is 12.1 Å². The summed E-state index contributed by atoms with van der Waals surface area (Å²) >= 11 is 0. The third kappa shape index (κ3) is 3.70. The van der Waals surface area contributed by atoms with Gasteiger partial charge in [0.2, 0.25) is 5.95 Å². The second-order valence-electron chi connectivity index (χ2n) is 6.77. The topological polar surface area (TPSA) is 193 Å². The smallest absolute Gasteiger partial charge is 0.228 e. The lowest BCUT2D eigenvalue weighted by atomic mass is 10.1. The predicted octanol–water partition coefficient (Wildman–Crippen LogP) is -0.820. The van der Waals surface area contributed by atoms with Crippen LogP contribution in [0.25, 0.3) is 11.2 Å². The molecule has 4 rings (SSSR count). The number of nitrogen functional groups attached to an aromatic ring is 1. The van der Waals surface area contributed by atoms with Crippen LogP contribution >= 0.6 is 0 Å². The van der Waals surface area contributed by atoms with Crippen molar-refractivity contribution >= 4 is 29.1 Å². The summed E-state index contributed by atoms with van der Waals surface area (Å²) in [6, 6.07) is 4.67. The molecule has 0 unspecified atom stereocenters. The maximum atomic E-state index is 10.5. The minimum absolute atomic E-state index is 0.00665. The summed E-state index contributed by atoms with van der Waals surface area (Å²) in [5.41, 5.74) is 9.73. The Balaban J connectivity index is 1.69. The molecule has 7 N–H and O–H groups in total. The van der Waals surface area contributed by atoms with Gasteiger partial charge in [0.15, 0.2) is 34.7 Å². The number of benzene rings is 1. The number of nitrogens with zero attached hydrogens (tertiary/aromatic N) is 5. The van der Waals surface area contributed by atoms with Crippen molar-refractivity contribution in [3.8, 4) is 11.5 Å². The summed E-state index contributed by atoms with van der Waals surface area (Å²) in [5, 5.41) is 43.8. The van der Waals surface area contributed by atoms with E-state index in [1.165, 1.54) is 30.3 Å². The highest BCUT2D eigenvalue weighted by atomic mass is 16.6. The number of ether oxygens (including phenoxy) is 2. The molecule has 0 amide bonds. The molecule has 0 saturated carbocycles. The first-order chi connectivity index (χ1) is 14.9. The van der Waals surface area contributed by atoms with E-state index in [0.717, 1.165) is 0 Å². The molecule has 1 aromatic carbocycles. The highest BCUT2D eigenvalue weighted by Crippen LogP contribution is 2.35. The van der Waals surface area contributed by atoms with E-state index < -0.39 is 31.1 Å². The molecule has 0 bridgehead atoms. The summed E-state index contributed by atoms with van der Waals surface area (Å²) in [7, 11) is 1.43. The van der Waals surface area contributed by atoms with Crippen LogP contribution in [0.4, 0.5) is 11.8 Å². The number of hydrazone groups is 1. The molecule has 1 fully saturated rings. The molecule has 164 valence electrons. The van der Waals surface area contributed by atoms with Gasteiger partial charge in [-0.2, -0.15) is 5.10 Å². The number of nitrogens with one attached hydrogen (secondary N) is 1. The largest absolute Gasteiger partial charge is 0.504 e. The van der Waals surface area contributed by atoms with E-state index in [1.807, 2.05) is 0 Å². The zero-order chi connectivity index (χ0) is 22.1. The SMILES string of the molecule is COc1cc(/C=N/Nc2nc3c(N)ncnc3n2[C@@H]2O[C@H](CO)[C@@H](O)[C@@H]2O)ccc1O. The van der Waals surface area contributed by atoms with Gasteiger partial charge in [-0.25, -0.2) is 20.4 Å². The van der Waals surface area contributed by atoms with Crippen LogP contribution < -0.4 is 15.9 Å². The standard InChI is InChI=1S/C18H21N7O6/c1-30-10-4-8(2-3-9(10)27)5-22-24-18-23-12-15(19)20-7-21-16(12)25(18)17-14(29)13(28)11(6-26)31-17/h2-5,7,11,13-14,17,26-29H,6H2,1H3,(H,23,24)(H2,19,20,21)/b22-5+/t11-,13-,14+,17-/m1/s1. The number of aliphatic hydroxyl groups is 3. The van der Waals surface area contributed by atoms with Gasteiger partial charge in [-0.1, -0.05) is 0 Å². The molecule has 0 radical (unpaired) electrons. The first-order valence-electron chi connectivity index (χ1n) is 9.21. The molecule has 0 aliphatic carbocycles. The fraction of sp³-hybridized carbons (Fsp3) is 0.333. The number of anilines is 2. The van der Waals surface area contributed by atoms with Crippen LogP contribution in [-0.2, 0) is 4.74 Å². The van der Waals surface area contributed by atoms with Crippen molar-refractivity contribution in [2.45, 2.75) is 24.5 Å². The van der Waals surface area contributed by atoms with Gasteiger partial charge in [0, 0.05) is 0 Å². The summed E-state index contributed by atoms with van der Waals surface area (Å²) in [6.07, 6.45) is -2.09. The predicted molar refractivity (Wildman–Crippen MR) is 109 cm³/mol. The summed E-state index contributed by atoms with van der Waals surface area (Å²) < 4.78 is 12.1. The fourth-order valence-corrected chi connectivity index (χ4v) is 3.28. The highest BCUT2D eigenvalue weighted by Gasteiger charge is 2.45. The van der Waals surface area contributed by atoms with Crippen LogP contribution in [-0.4, -0.2) is 78.2 Å². The number of methoxy groups -OCH3 is 1. The molecular formula is C18H21N7O6. The Morgan fingerprint density at radius 3 is 2.84 bits per heavy atom. The second-order valence-corrected chi connectivity index (χ2v) is 6.77. The van der Waals surface area contributed by atoms with Gasteiger partial charge in [-0.15, -0.1) is 0 Å². The van der Waals surface area contributed by atoms with Gasteiger partial charge < -0.3 is 35.6 Å². The second kappa shape index (κ2) is 8.31. The third-order valence-electron chi connectivity index (χ3n) is 4.86. The van der Waals surface area contributed by atoms with Crippen molar-refractivity contribution in [1.29, 1.82) is 0 Å². The third-order valence-corrected chi connectivity index (χ3v) is 4.86. The van der Waals surface area contributed by atoms with E-state index >= 15 is 0 Å². The Labute approximate surface area is 175 Å². The number of imidazole rings is 1. The fourth-order valence-electron chi connectivity index (χ4n) is 3.28. The Morgan fingerprint density at radius 2 is 2.13 bits per heavy atom. The van der Waals surface area contributed by atoms with Gasteiger partial charge in [0.25, 0.3) is 0 Å². The summed E-state index contributed by atoms with van der Waals surface area (Å²) in [5.74, 6) is 0.489. The maximum absolute atomic E-state index is 10.5. The van der Waals surface area contributed by atoms with Crippen LogP contribution in [0.1, 0.15) is 11.8 Å². The molecule has 1 saturated heterocycles. The number of hydrogen-bond donors (Lipinski definition) is 6. The number of nitrogens with two attached hydrogens (primary N) is 1. The number of aromatic hydroxyl groups is 1. The summed E-state index contributed by atoms with van der Waals surface area (Å²) in [6.45, 7) is -0.484. The lowest BCUT2D eigenvalue weighted by Crippen LogP contribution is -2.33. The number of phenolic OH excluding ortho intramolecular Hbond substituents is 1. The van der Waals surface area contributed by atoms with Crippen molar-refractivity contribution in [1.82, 2.24) is 19.5 Å². The zero-order valence-electron chi connectivity index (χ0n) is 16.3. The Bertz CT molecular complexity index is 1120. The molecule has 31 heavy (non-hydrogen) atoms. The Kier molecular flexibility index (Phi) is 5.56. The molecule has 3 aromatic rings. The van der Waals surface area contributed by atoms with Crippen molar-refractivity contribution in [2.24, 2.45) is 5.10 Å². The van der Waals surface area contributed by atoms with E-state index in [2.05, 4.69) is 25.5 Å². The number of aliphatic hydroxyl groups excluding tert-OH is 3. The van der Waals surface area contributed by atoms with Crippen LogP contribution in [0, 0.1) is 0 Å². The van der Waals surface area contributed by atoms with Crippen molar-refractivity contribution in [3.63, 3.8) is 0 Å². The number of phenols is 1. The lowest BCUT2D eigenvalue weighted by molar-refractivity contribution is -0.0501. The van der Waals surface area contributed by atoms with Gasteiger partial charge in [-0.3, -0.25) is 4.57 Å². The van der Waals surface area contributed by atoms with E-state index in [9.17, 15) is 20.4 Å². The van der Waals surface area contributed by atoms with Crippen LogP contribution in [0.2, 0.25) is 0 Å². The van der Waals surface area contributed by atoms with Crippen molar-refractivity contribution in [2.75, 3.05) is 24.9 Å². The number of rotatable bonds is 6. The molecule has 13 nitrogen and oxygen atoms in total. The monoisotopic (exact) mass is 431 g/mol. The highest BCUT2D eigenvalue weighted by molar-refractivity contribution is 5.85. The van der Waals surface area contributed by atoms with Crippen LogP contribution in [0.3, 0.4) is 0 Å². The quantitative estimate of drug-likeness (QED) is 0.211. The minimum atomic E-state index is -1.36. The molecular weight excluding hydrogens is 410 g/mol. The van der Waals surface area contributed by atoms with Crippen LogP contribution in [0.5, 0.6) is 11.5 Å². The first kappa shape index (κ1) is 20.7. The zero-order valence-corrected chi connectivity index (χ0v) is 16.3. The van der Waals surface area contributed by atoms with Gasteiger partial charge in [0.05, 0.1) is 19.9 Å². The number of fused-ring (bicyclic) bond motifs is 1. The average molecular weight is 431 g/mol. The van der Waals surface area contributed by atoms with Gasteiger partial charge in [-0.05, 0) is 23.8 Å². The van der Waals surface area contributed by atoms with Crippen molar-refractivity contribution in [3.05, 3.63) is 30.1 Å². The molecule has 3 heterocycles. The molecule has 0 spiro atoms. The van der Waals surface area contributed by atoms with Gasteiger partial charge in [0.1, 0.15) is 24.6 Å². The van der Waals surface area contributed by atoms with Gasteiger partial charge >= 0.3 is 0 Å². The lowest BCUT2D eigenvalue weighted by Gasteiger charge is -2.18. The molecule has 4 atom stereocenters. The Hall–Kier alpha value is -3.52. The van der Waals surface area contributed by atoms with E-state index in [0.29, 0.717) is 5.56 Å². The molecule has 1 aliphatic heterocycles. The maximum Gasteiger partial charge on any atom is 0.228 e. The minimum Gasteiger partial charge on any atom is -0.504 e. The Morgan fingerprint density at radius 1 is 1.32 bits per heavy atom. The normalized spacial score (nSPS) is 23.6. The molecule has 13 heteroatoms. The van der Waals surface area contributed by atoms with Crippen LogP contribution in [0.15, 0.2) is 29.6 Å². The first-order valence-corrected chi connectivity index (χ1v) is 9.21. The summed E-state index contributed by atoms with van der Waals surface area (Å²) in [4.78, 5) is 12.4. The molecule has 2 aromatic heterocycles. The number of aromatic nitrogens is 4. The van der Waals surface area contributed by atoms with Crippen molar-refractivity contribution < 1.29 is 29.9 Å². The number of hydrogen-bond acceptors (Lipinski definition) is 12. The van der Waals surface area contributed by atoms with E-state index in [4.69, 9.17) is 15.2 Å². The molecule has 1 aliphatic rings.